The summed E-state index contributed by atoms with van der Waals surface area (Å²) in [6.45, 7) is 2.28. The molecular weight excluding hydrogens is 442 g/mol. The van der Waals surface area contributed by atoms with Crippen molar-refractivity contribution in [2.75, 3.05) is 14.1 Å². The number of quaternary nitrogens is 1. The number of rotatable bonds is 3. The number of nitrogens with zero attached hydrogens (tertiary/aromatic N) is 1. The third-order valence-electron chi connectivity index (χ3n) is 3.67. The van der Waals surface area contributed by atoms with Crippen LogP contribution in [0.3, 0.4) is 0 Å². The Hall–Kier alpha value is -1.20. The number of para-hydroxylation sites is 1. The Kier molecular flexibility index (Phi) is 26.6. The molecule has 0 amide bonds. The van der Waals surface area contributed by atoms with Gasteiger partial charge in [-0.15, -0.1) is 0 Å². The van der Waals surface area contributed by atoms with Crippen molar-refractivity contribution in [1.29, 1.82) is 0 Å². The Bertz CT molecular complexity index is 484. The number of halogens is 6. The molecule has 0 radical (unpaired) electrons. The van der Waals surface area contributed by atoms with Gasteiger partial charge in [-0.2, -0.15) is 0 Å². The standard InChI is InChI=1S/C16H20N.6FH.Sb.3H/c1-14(15-10-6-4-7-11-15)17(2,3)16-12-8-5-9-13-16;;;;;;;;;;/h4-14H,1-3H3;6*1H;;;;/q+1;;;;;;;;;;/p-6. The molecule has 2 rings (SSSR count). The Balaban J connectivity index is -0.000000116. The Morgan fingerprint density at radius 3 is 1.33 bits per heavy atom. The monoisotopic (exact) mass is 464 g/mol. The molecule has 0 saturated carbocycles. The number of hydrogen-bond donors (Lipinski definition) is 0. The van der Waals surface area contributed by atoms with Crippen LogP contribution in [0.25, 0.3) is 0 Å². The average molecular weight is 465 g/mol. The van der Waals surface area contributed by atoms with Crippen LogP contribution in [0.1, 0.15) is 18.5 Å². The minimum absolute atomic E-state index is 0. The van der Waals surface area contributed by atoms with Crippen LogP contribution in [0.4, 0.5) is 5.69 Å². The van der Waals surface area contributed by atoms with E-state index in [2.05, 4.69) is 81.7 Å². The molecule has 1 nitrogen and oxygen atoms in total. The molecule has 0 aliphatic carbocycles. The summed E-state index contributed by atoms with van der Waals surface area (Å²) in [5, 5.41) is 0. The van der Waals surface area contributed by atoms with E-state index in [0.29, 0.717) is 6.04 Å². The summed E-state index contributed by atoms with van der Waals surface area (Å²) in [7, 11) is 4.51. The van der Waals surface area contributed by atoms with Gasteiger partial charge in [0, 0.05) is 5.56 Å². The van der Waals surface area contributed by atoms with Crippen molar-refractivity contribution in [3.05, 3.63) is 66.2 Å². The van der Waals surface area contributed by atoms with E-state index in [0.717, 1.165) is 4.48 Å². The minimum atomic E-state index is 0. The van der Waals surface area contributed by atoms with Crippen LogP contribution in [-0.2, 0) is 0 Å². The number of hydrogen-bond acceptors (Lipinski definition) is 0. The molecule has 0 aliphatic rings. The molecule has 1 unspecified atom stereocenters. The molecule has 2 aromatic carbocycles. The molecule has 0 spiro atoms. The fraction of sp³-hybridized carbons (Fsp3) is 0.250. The van der Waals surface area contributed by atoms with Crippen molar-refractivity contribution >= 4 is 30.1 Å². The first-order valence-corrected chi connectivity index (χ1v) is 6.06. The van der Waals surface area contributed by atoms with E-state index >= 15 is 0 Å². The van der Waals surface area contributed by atoms with Gasteiger partial charge in [0.2, 0.25) is 0 Å². The van der Waals surface area contributed by atoms with Crippen LogP contribution in [-0.4, -0.2) is 38.5 Å². The van der Waals surface area contributed by atoms with Crippen LogP contribution in [0, 0.1) is 0 Å². The van der Waals surface area contributed by atoms with E-state index in [-0.39, 0.29) is 52.7 Å². The van der Waals surface area contributed by atoms with Gasteiger partial charge in [0.15, 0.2) is 0 Å². The van der Waals surface area contributed by atoms with E-state index in [9.17, 15) is 0 Å². The van der Waals surface area contributed by atoms with Gasteiger partial charge in [0.25, 0.3) is 0 Å². The summed E-state index contributed by atoms with van der Waals surface area (Å²) in [5.74, 6) is 0. The summed E-state index contributed by atoms with van der Waals surface area (Å²) < 4.78 is 0.866. The van der Waals surface area contributed by atoms with Crippen LogP contribution in [0.5, 0.6) is 0 Å². The summed E-state index contributed by atoms with van der Waals surface area (Å²) in [6, 6.07) is 21.8. The zero-order chi connectivity index (χ0) is 12.3. The molecule has 8 heteroatoms. The van der Waals surface area contributed by atoms with E-state index in [4.69, 9.17) is 0 Å². The summed E-state index contributed by atoms with van der Waals surface area (Å²) in [5.41, 5.74) is 2.71. The first kappa shape index (κ1) is 38.4. The van der Waals surface area contributed by atoms with E-state index in [1.54, 1.807) is 0 Å². The molecular formula is C16H23F6NSb-5. The summed E-state index contributed by atoms with van der Waals surface area (Å²) >= 11 is 0. The maximum absolute atomic E-state index is 2.28. The number of benzene rings is 2. The van der Waals surface area contributed by atoms with Gasteiger partial charge in [0.1, 0.15) is 11.7 Å². The summed E-state index contributed by atoms with van der Waals surface area (Å²) in [6.07, 6.45) is 0. The maximum atomic E-state index is 2.28. The SMILES string of the molecule is CC(c1ccccc1)[N+](C)(C)c1ccccc1.[F-].[F-].[F-].[F-].[F-].[F-].[SbH3]. The van der Waals surface area contributed by atoms with Gasteiger partial charge in [-0.25, -0.2) is 0 Å². The molecule has 0 aliphatic heterocycles. The second-order valence-electron chi connectivity index (χ2n) is 4.96. The first-order valence-electron chi connectivity index (χ1n) is 6.06. The predicted octanol–water partition coefficient (Wildman–Crippen LogP) is -15.1. The zero-order valence-electron chi connectivity index (χ0n) is 13.8. The molecule has 0 saturated heterocycles. The van der Waals surface area contributed by atoms with E-state index < -0.39 is 0 Å². The molecule has 0 bridgehead atoms. The quantitative estimate of drug-likeness (QED) is 0.240. The Labute approximate surface area is 156 Å². The molecule has 1 atom stereocenters. The predicted molar refractivity (Wildman–Crippen MR) is 84.9 cm³/mol. The van der Waals surface area contributed by atoms with Crippen LogP contribution in [0.2, 0.25) is 0 Å². The van der Waals surface area contributed by atoms with Gasteiger partial charge in [-0.1, -0.05) is 48.5 Å². The second kappa shape index (κ2) is 16.6. The zero-order valence-corrected chi connectivity index (χ0v) is 17.8. The molecule has 24 heavy (non-hydrogen) atoms. The van der Waals surface area contributed by atoms with Crippen LogP contribution >= 0.6 is 0 Å². The van der Waals surface area contributed by atoms with Crippen molar-refractivity contribution in [3.63, 3.8) is 0 Å². The molecule has 0 heterocycles. The fourth-order valence-electron chi connectivity index (χ4n) is 2.14. The van der Waals surface area contributed by atoms with Crippen molar-refractivity contribution < 1.29 is 28.2 Å². The Morgan fingerprint density at radius 1 is 0.625 bits per heavy atom. The van der Waals surface area contributed by atoms with Crippen molar-refractivity contribution in [1.82, 2.24) is 4.48 Å². The molecule has 0 N–H and O–H groups in total. The van der Waals surface area contributed by atoms with Gasteiger partial charge >= 0.3 is 24.4 Å². The van der Waals surface area contributed by atoms with Crippen molar-refractivity contribution in [2.24, 2.45) is 0 Å². The first-order chi connectivity index (χ1) is 8.12. The Morgan fingerprint density at radius 2 is 0.958 bits per heavy atom. The third kappa shape index (κ3) is 8.59. The summed E-state index contributed by atoms with van der Waals surface area (Å²) in [4.78, 5) is 0. The van der Waals surface area contributed by atoms with Crippen molar-refractivity contribution in [3.8, 4) is 0 Å². The van der Waals surface area contributed by atoms with Gasteiger partial charge < -0.3 is 28.2 Å². The molecule has 0 fully saturated rings. The van der Waals surface area contributed by atoms with E-state index in [1.807, 2.05) is 0 Å². The van der Waals surface area contributed by atoms with Crippen molar-refractivity contribution in [2.45, 2.75) is 13.0 Å². The van der Waals surface area contributed by atoms with Gasteiger partial charge in [0.05, 0.1) is 14.1 Å². The molecule has 0 aromatic heterocycles. The normalized spacial score (nSPS) is 9.46. The van der Waals surface area contributed by atoms with Crippen LogP contribution in [0.15, 0.2) is 60.7 Å². The second-order valence-corrected chi connectivity index (χ2v) is 4.96. The fourth-order valence-corrected chi connectivity index (χ4v) is 2.14. The van der Waals surface area contributed by atoms with Gasteiger partial charge in [-0.3, -0.25) is 4.48 Å². The van der Waals surface area contributed by atoms with Gasteiger partial charge in [-0.05, 0) is 19.1 Å². The third-order valence-corrected chi connectivity index (χ3v) is 3.67. The molecule has 2 aromatic rings. The van der Waals surface area contributed by atoms with E-state index in [1.165, 1.54) is 11.3 Å². The average Bonchev–Trinajstić information content (AvgIpc) is 2.40. The topological polar surface area (TPSA) is 0 Å². The van der Waals surface area contributed by atoms with Crippen LogP contribution < -0.4 is 32.7 Å². The molecule has 144 valence electrons.